The molecule has 692 valence electrons. The molecule has 12 aromatic carbocycles. The van der Waals surface area contributed by atoms with E-state index in [2.05, 4.69) is 93.8 Å². The largest absolute Gasteiger partial charge is 0.506 e. The van der Waals surface area contributed by atoms with Crippen molar-refractivity contribution in [3.8, 4) is 57.3 Å². The summed E-state index contributed by atoms with van der Waals surface area (Å²) in [5.74, 6) is 1.90. The fourth-order valence-electron chi connectivity index (χ4n) is 15.2. The van der Waals surface area contributed by atoms with Gasteiger partial charge in [-0.05, 0) is 310 Å². The zero-order valence-corrected chi connectivity index (χ0v) is 78.5. The Bertz CT molecular complexity index is 7570. The number of para-hydroxylation sites is 1. The summed E-state index contributed by atoms with van der Waals surface area (Å²) in [6.45, 7) is 7.24. The molecule has 20 aromatic rings. The maximum Gasteiger partial charge on any atom is 0.492 e. The second-order valence-corrected chi connectivity index (χ2v) is 33.3. The van der Waals surface area contributed by atoms with Crippen molar-refractivity contribution in [1.82, 2.24) is 49.8 Å². The number of aromatic hydroxyl groups is 3. The molecule has 0 saturated carbocycles. The third-order valence-corrected chi connectivity index (χ3v) is 23.0. The van der Waals surface area contributed by atoms with Crippen LogP contribution in [-0.4, -0.2) is 102 Å². The molecule has 0 aliphatic heterocycles. The molecule has 0 bridgehead atoms. The Labute approximate surface area is 814 Å². The van der Waals surface area contributed by atoms with Gasteiger partial charge in [0.15, 0.2) is 34.6 Å². The maximum atomic E-state index is 13.1. The van der Waals surface area contributed by atoms with Crippen LogP contribution in [-0.2, 0) is 38.5 Å². The highest BCUT2D eigenvalue weighted by Gasteiger charge is 2.22. The normalized spacial score (nSPS) is 10.8. The molecule has 0 saturated heterocycles. The minimum absolute atomic E-state index is 0. The Hall–Kier alpha value is -15.1. The molecule has 138 heavy (non-hydrogen) atoms. The summed E-state index contributed by atoms with van der Waals surface area (Å²) in [6.07, 6.45) is 21.4. The molecule has 8 aromatic heterocycles. The van der Waals surface area contributed by atoms with Crippen molar-refractivity contribution in [3.05, 3.63) is 446 Å². The zero-order chi connectivity index (χ0) is 95.9. The van der Waals surface area contributed by atoms with E-state index in [9.17, 15) is 51.7 Å². The molecule has 0 radical (unpaired) electrons. The number of phenolic OH excluding ortho intramolecular Hbond substituents is 3. The number of halogens is 9. The Balaban J connectivity index is 0.000000132. The van der Waals surface area contributed by atoms with Gasteiger partial charge < -0.3 is 39.6 Å². The molecule has 8 heterocycles. The van der Waals surface area contributed by atoms with Gasteiger partial charge in [-0.1, -0.05) is 121 Å². The van der Waals surface area contributed by atoms with Gasteiger partial charge in [-0.25, -0.2) is 46.3 Å². The molecule has 0 spiro atoms. The topological polar surface area (TPSA) is 258 Å². The Morgan fingerprint density at radius 2 is 0.543 bits per heavy atom. The average Bonchev–Trinajstić information content (AvgIpc) is 0.798. The number of rotatable bonds is 21. The number of hydrogen-bond acceptors (Lipinski definition) is 18. The van der Waals surface area contributed by atoms with Crippen molar-refractivity contribution in [1.29, 1.82) is 0 Å². The fourth-order valence-corrected chi connectivity index (χ4v) is 15.9. The van der Waals surface area contributed by atoms with Crippen molar-refractivity contribution in [2.75, 3.05) is 19.8 Å². The minimum Gasteiger partial charge on any atom is -0.506 e. The van der Waals surface area contributed by atoms with Crippen LogP contribution in [0.25, 0.3) is 88.2 Å². The monoisotopic (exact) mass is 1990 g/mol. The lowest BCUT2D eigenvalue weighted by molar-refractivity contribution is 0.341. The average molecular weight is 2000 g/mol. The summed E-state index contributed by atoms with van der Waals surface area (Å²) in [4.78, 5) is 43.6. The third-order valence-electron chi connectivity index (χ3n) is 21.7. The van der Waals surface area contributed by atoms with Gasteiger partial charge in [-0.3, -0.25) is 29.9 Å². The summed E-state index contributed by atoms with van der Waals surface area (Å²) in [5.41, 5.74) is 17.9. The number of hydrogen-bond donors (Lipinski definition) is 5. The molecular weight excluding hydrogens is 1910 g/mol. The number of nitrogens with zero attached hydrogens (tertiary/aromatic N) is 10. The predicted molar refractivity (Wildman–Crippen MR) is 539 cm³/mol. The molecule has 0 aliphatic carbocycles. The first-order chi connectivity index (χ1) is 66.5. The first kappa shape index (κ1) is 98.9. The zero-order valence-electron chi connectivity index (χ0n) is 74.6. The van der Waals surface area contributed by atoms with Crippen LogP contribution in [0.3, 0.4) is 0 Å². The molecule has 0 amide bonds. The van der Waals surface area contributed by atoms with E-state index < -0.39 is 7.12 Å². The quantitative estimate of drug-likeness (QED) is 0.0331. The Kier molecular flexibility index (Phi) is 33.9. The van der Waals surface area contributed by atoms with Crippen LogP contribution in [0.15, 0.2) is 344 Å². The standard InChI is InChI=1S/C22H18FN3O.C20H14FN3O.C18H17BFNO3.C18H15BrFNO.C16H11BrFNO.C16H12FNO.ClH/c1-2-27-21-19(22-24-10-3-11-25-22)9-6-17-13-16(14-26-20(17)21)12-15-4-7-18(23)8-5-15;21-16-5-2-13(3-6-16)10-14-11-15-4-7-17(19(25)18(15)24-12-14)20-22-8-1-9-23-20;1-2-24-18-16(19(22)23)8-5-14-10-13(11-21-17(14)18)9-12-3-6-15(20)7-4-12;1-2-22-18-16(19)8-5-14-10-13(11-21-17(14)18)9-12-3-6-15(20)7-4-12;17-14-6-3-12-8-11(9-19-15(12)16(14)20)7-10-1-4-13(18)5-2-10;17-14-6-4-11(5-7-14)8-12-9-13-2-1-3-15(19)16(13)18-10-12;/h3-11,13-14H,2,12H2,1H3;1-9,11-12,25H,10H2;3-8,10-11,22-23H,2,9H2,1H3;3-8,10-11H,2,9H2,1H3;1-6,8-9,20H,7H2;1-7,9-10,19H,8H2;1H. The van der Waals surface area contributed by atoms with E-state index in [4.69, 9.17) is 14.2 Å². The molecule has 0 fully saturated rings. The highest BCUT2D eigenvalue weighted by atomic mass is 79.9. The van der Waals surface area contributed by atoms with Crippen molar-refractivity contribution in [2.45, 2.75) is 59.3 Å². The van der Waals surface area contributed by atoms with Gasteiger partial charge in [0.05, 0.1) is 39.9 Å². The van der Waals surface area contributed by atoms with E-state index in [1.807, 2.05) is 99.9 Å². The summed E-state index contributed by atoms with van der Waals surface area (Å²) in [5, 5.41) is 54.6. The van der Waals surface area contributed by atoms with Crippen LogP contribution in [0.2, 0.25) is 0 Å². The number of phenols is 3. The van der Waals surface area contributed by atoms with Crippen LogP contribution in [0.5, 0.6) is 34.5 Å². The van der Waals surface area contributed by atoms with Gasteiger partial charge in [0.2, 0.25) is 0 Å². The van der Waals surface area contributed by atoms with Crippen LogP contribution in [0.1, 0.15) is 87.5 Å². The lowest BCUT2D eigenvalue weighted by atomic mass is 9.79. The predicted octanol–water partition coefficient (Wildman–Crippen LogP) is 24.6. The van der Waals surface area contributed by atoms with Gasteiger partial charge in [0.1, 0.15) is 79.5 Å². The van der Waals surface area contributed by atoms with E-state index in [-0.39, 0.29) is 64.6 Å². The van der Waals surface area contributed by atoms with Crippen molar-refractivity contribution in [2.24, 2.45) is 0 Å². The molecule has 28 heteroatoms. The van der Waals surface area contributed by atoms with Crippen LogP contribution < -0.4 is 19.7 Å². The van der Waals surface area contributed by atoms with E-state index >= 15 is 0 Å². The van der Waals surface area contributed by atoms with Crippen molar-refractivity contribution < 1.29 is 65.9 Å². The summed E-state index contributed by atoms with van der Waals surface area (Å²) in [6, 6.07) is 78.4. The smallest absolute Gasteiger partial charge is 0.492 e. The number of fused-ring (bicyclic) bond motifs is 6. The van der Waals surface area contributed by atoms with E-state index in [0.29, 0.717) is 113 Å². The summed E-state index contributed by atoms with van der Waals surface area (Å²) in [7, 11) is -1.61. The van der Waals surface area contributed by atoms with Crippen LogP contribution in [0, 0.1) is 34.9 Å². The molecule has 0 unspecified atom stereocenters. The molecular formula is C110H88BBr2ClF6N10O8. The van der Waals surface area contributed by atoms with E-state index in [1.165, 1.54) is 72.8 Å². The van der Waals surface area contributed by atoms with Crippen molar-refractivity contribution >= 4 is 122 Å². The van der Waals surface area contributed by atoms with Crippen LogP contribution >= 0.6 is 44.3 Å². The maximum absolute atomic E-state index is 13.1. The first-order valence-electron chi connectivity index (χ1n) is 43.7. The number of aromatic nitrogens is 10. The molecule has 18 nitrogen and oxygen atoms in total. The first-order valence-corrected chi connectivity index (χ1v) is 45.2. The van der Waals surface area contributed by atoms with Gasteiger partial charge in [-0.15, -0.1) is 12.4 Å². The molecule has 20 rings (SSSR count). The highest BCUT2D eigenvalue weighted by Crippen LogP contribution is 2.39. The summed E-state index contributed by atoms with van der Waals surface area (Å²) < 4.78 is 96.4. The third kappa shape index (κ3) is 25.9. The lowest BCUT2D eigenvalue weighted by Crippen LogP contribution is -2.31. The Morgan fingerprint density at radius 3 is 0.906 bits per heavy atom. The van der Waals surface area contributed by atoms with Crippen LogP contribution in [0.4, 0.5) is 26.3 Å². The highest BCUT2D eigenvalue weighted by molar-refractivity contribution is 9.11. The molecule has 0 aliphatic rings. The SMILES string of the molecule is CCOc1c(-c2ncccn2)ccc2cc(Cc3ccc(F)cc3)cnc12.CCOc1c(B(O)O)ccc2cc(Cc3ccc(F)cc3)cnc12.CCOc1c(Br)ccc2cc(Cc3ccc(F)cc3)cnc12.Cl.Oc1c(-c2ncccn2)ccc2cc(Cc3ccc(F)cc3)cnc12.Oc1c(Br)ccc2cc(Cc3ccc(F)cc3)cnc12.Oc1cccc2cc(Cc3ccc(F)cc3)cnc12. The molecule has 5 N–H and O–H groups in total. The van der Waals surface area contributed by atoms with Crippen molar-refractivity contribution in [3.63, 3.8) is 0 Å². The molecule has 0 atom stereocenters. The van der Waals surface area contributed by atoms with E-state index in [1.54, 1.807) is 171 Å². The van der Waals surface area contributed by atoms with Gasteiger partial charge in [0.25, 0.3) is 0 Å². The van der Waals surface area contributed by atoms with Gasteiger partial charge in [-0.2, -0.15) is 0 Å². The number of ether oxygens (including phenoxy) is 3. The van der Waals surface area contributed by atoms with E-state index in [0.717, 1.165) is 132 Å². The Morgan fingerprint density at radius 1 is 0.268 bits per heavy atom. The minimum atomic E-state index is -1.61. The lowest BCUT2D eigenvalue weighted by Gasteiger charge is -2.13. The second kappa shape index (κ2) is 47.4. The fraction of sp³-hybridized carbons (Fsp3) is 0.109. The summed E-state index contributed by atoms with van der Waals surface area (Å²) >= 11 is 6.77. The number of pyridine rings is 6. The van der Waals surface area contributed by atoms with Gasteiger partial charge >= 0.3 is 7.12 Å². The number of benzene rings is 12. The second-order valence-electron chi connectivity index (χ2n) is 31.6. The van der Waals surface area contributed by atoms with Gasteiger partial charge in [0, 0.05) is 99.7 Å².